The molecule has 124 valence electrons. The highest BCUT2D eigenvalue weighted by molar-refractivity contribution is 5.68. The van der Waals surface area contributed by atoms with E-state index in [1.54, 1.807) is 0 Å². The van der Waals surface area contributed by atoms with Gasteiger partial charge in [-0.05, 0) is 52.2 Å². The molecular weight excluding hydrogens is 280 g/mol. The molecule has 0 saturated heterocycles. The summed E-state index contributed by atoms with van der Waals surface area (Å²) < 4.78 is 11.1. The molecule has 2 rings (SSSR count). The summed E-state index contributed by atoms with van der Waals surface area (Å²) in [6.07, 6.45) is 0.849. The lowest BCUT2D eigenvalue weighted by molar-refractivity contribution is 0.0508. The molecule has 1 heterocycles. The third kappa shape index (κ3) is 5.37. The molecule has 1 aliphatic rings. The van der Waals surface area contributed by atoms with Gasteiger partial charge in [0.05, 0.1) is 6.54 Å². The fourth-order valence-corrected chi connectivity index (χ4v) is 2.38. The van der Waals surface area contributed by atoms with Gasteiger partial charge in [-0.3, -0.25) is 0 Å². The summed E-state index contributed by atoms with van der Waals surface area (Å²) in [6, 6.07) is 4.10. The summed E-state index contributed by atoms with van der Waals surface area (Å²) in [5.74, 6) is 3.41. The van der Waals surface area contributed by atoms with Crippen LogP contribution < -0.4 is 10.6 Å². The topological polar surface area (TPSA) is 63.5 Å². The van der Waals surface area contributed by atoms with Gasteiger partial charge in [-0.25, -0.2) is 4.79 Å². The van der Waals surface area contributed by atoms with E-state index in [1.807, 2.05) is 33.8 Å². The van der Waals surface area contributed by atoms with Crippen LogP contribution in [0.3, 0.4) is 0 Å². The minimum Gasteiger partial charge on any atom is -0.464 e. The summed E-state index contributed by atoms with van der Waals surface area (Å²) in [4.78, 5) is 11.6. The Labute approximate surface area is 132 Å². The van der Waals surface area contributed by atoms with E-state index in [9.17, 15) is 4.79 Å². The fourth-order valence-electron chi connectivity index (χ4n) is 2.38. The van der Waals surface area contributed by atoms with Crippen LogP contribution >= 0.6 is 0 Å². The van der Waals surface area contributed by atoms with E-state index >= 15 is 0 Å². The summed E-state index contributed by atoms with van der Waals surface area (Å²) in [5, 5.41) is 6.10. The van der Waals surface area contributed by atoms with E-state index in [0.717, 1.165) is 17.4 Å². The molecular formula is C17H28N2O3. The minimum atomic E-state index is -0.470. The zero-order chi connectivity index (χ0) is 16.3. The van der Waals surface area contributed by atoms with E-state index in [1.165, 1.54) is 6.42 Å². The van der Waals surface area contributed by atoms with Gasteiger partial charge in [0.25, 0.3) is 0 Å². The maximum Gasteiger partial charge on any atom is 0.407 e. The molecule has 0 aromatic carbocycles. The SMILES string of the molecule is CC(CNCc1ccc(C2CC2C)o1)NC(=O)OC(C)(C)C. The molecule has 1 aliphatic carbocycles. The molecule has 1 aromatic rings. The molecule has 0 bridgehead atoms. The minimum absolute atomic E-state index is 0.00673. The van der Waals surface area contributed by atoms with Crippen LogP contribution in [0.4, 0.5) is 4.79 Å². The largest absolute Gasteiger partial charge is 0.464 e. The second kappa shape index (κ2) is 6.73. The Bertz CT molecular complexity index is 504. The number of carbonyl (C=O) groups excluding carboxylic acids is 1. The van der Waals surface area contributed by atoms with Gasteiger partial charge in [-0.2, -0.15) is 0 Å². The molecule has 5 nitrogen and oxygen atoms in total. The van der Waals surface area contributed by atoms with Crippen molar-refractivity contribution < 1.29 is 13.9 Å². The Balaban J connectivity index is 1.65. The fraction of sp³-hybridized carbons (Fsp3) is 0.706. The lowest BCUT2D eigenvalue weighted by Crippen LogP contribution is -2.42. The van der Waals surface area contributed by atoms with Crippen molar-refractivity contribution in [2.45, 2.75) is 65.1 Å². The second-order valence-corrected chi connectivity index (χ2v) is 7.30. The number of nitrogens with one attached hydrogen (secondary N) is 2. The first-order valence-corrected chi connectivity index (χ1v) is 8.03. The molecule has 5 heteroatoms. The average molecular weight is 308 g/mol. The number of rotatable bonds is 6. The molecule has 3 unspecified atom stereocenters. The highest BCUT2D eigenvalue weighted by atomic mass is 16.6. The third-order valence-electron chi connectivity index (χ3n) is 3.67. The molecule has 0 spiro atoms. The maximum atomic E-state index is 11.6. The molecule has 22 heavy (non-hydrogen) atoms. The first-order chi connectivity index (χ1) is 10.2. The molecule has 1 fully saturated rings. The van der Waals surface area contributed by atoms with E-state index in [-0.39, 0.29) is 12.1 Å². The molecule has 1 aromatic heterocycles. The standard InChI is InChI=1S/C17H28N2O3/c1-11-8-14(11)15-7-6-13(21-15)10-18-9-12(2)19-16(20)22-17(3,4)5/h6-7,11-12,14,18H,8-10H2,1-5H3,(H,19,20). The smallest absolute Gasteiger partial charge is 0.407 e. The van der Waals surface area contributed by atoms with Crippen LogP contribution in [0, 0.1) is 5.92 Å². The Kier molecular flexibility index (Phi) is 5.16. The first-order valence-electron chi connectivity index (χ1n) is 8.03. The summed E-state index contributed by atoms with van der Waals surface area (Å²) in [7, 11) is 0. The number of hydrogen-bond acceptors (Lipinski definition) is 4. The van der Waals surface area contributed by atoms with Gasteiger partial charge in [0, 0.05) is 18.5 Å². The molecule has 1 saturated carbocycles. The van der Waals surface area contributed by atoms with Crippen molar-refractivity contribution in [1.29, 1.82) is 0 Å². The zero-order valence-corrected chi connectivity index (χ0v) is 14.2. The lowest BCUT2D eigenvalue weighted by Gasteiger charge is -2.22. The van der Waals surface area contributed by atoms with Gasteiger partial charge in [0.15, 0.2) is 0 Å². The van der Waals surface area contributed by atoms with Crippen molar-refractivity contribution in [2.24, 2.45) is 5.92 Å². The van der Waals surface area contributed by atoms with Gasteiger partial charge in [-0.15, -0.1) is 0 Å². The number of hydrogen-bond donors (Lipinski definition) is 2. The Morgan fingerprint density at radius 1 is 1.45 bits per heavy atom. The van der Waals surface area contributed by atoms with Crippen LogP contribution in [0.25, 0.3) is 0 Å². The van der Waals surface area contributed by atoms with Crippen LogP contribution in [0.2, 0.25) is 0 Å². The molecule has 0 aliphatic heterocycles. The lowest BCUT2D eigenvalue weighted by atomic mass is 10.2. The predicted molar refractivity (Wildman–Crippen MR) is 85.8 cm³/mol. The van der Waals surface area contributed by atoms with E-state index in [4.69, 9.17) is 9.15 Å². The summed E-state index contributed by atoms with van der Waals surface area (Å²) in [5.41, 5.74) is -0.470. The Hall–Kier alpha value is -1.49. The van der Waals surface area contributed by atoms with Gasteiger partial charge >= 0.3 is 6.09 Å². The average Bonchev–Trinajstić information content (AvgIpc) is 2.91. The third-order valence-corrected chi connectivity index (χ3v) is 3.67. The van der Waals surface area contributed by atoms with Crippen molar-refractivity contribution >= 4 is 6.09 Å². The van der Waals surface area contributed by atoms with Gasteiger partial charge < -0.3 is 19.8 Å². The van der Waals surface area contributed by atoms with Crippen molar-refractivity contribution in [3.63, 3.8) is 0 Å². The van der Waals surface area contributed by atoms with Crippen molar-refractivity contribution in [2.75, 3.05) is 6.54 Å². The van der Waals surface area contributed by atoms with Crippen LogP contribution in [0.1, 0.15) is 58.5 Å². The van der Waals surface area contributed by atoms with Crippen LogP contribution in [0.15, 0.2) is 16.5 Å². The highest BCUT2D eigenvalue weighted by Gasteiger charge is 2.36. The Morgan fingerprint density at radius 3 is 2.73 bits per heavy atom. The predicted octanol–water partition coefficient (Wildman–Crippen LogP) is 3.41. The number of amides is 1. The summed E-state index contributed by atoms with van der Waals surface area (Å²) >= 11 is 0. The zero-order valence-electron chi connectivity index (χ0n) is 14.2. The van der Waals surface area contributed by atoms with Crippen LogP contribution in [0.5, 0.6) is 0 Å². The maximum absolute atomic E-state index is 11.6. The van der Waals surface area contributed by atoms with E-state index < -0.39 is 5.60 Å². The number of carbonyl (C=O) groups is 1. The van der Waals surface area contributed by atoms with Gasteiger partial charge in [-0.1, -0.05) is 6.92 Å². The normalized spacial score (nSPS) is 22.2. The van der Waals surface area contributed by atoms with Crippen LogP contribution in [-0.4, -0.2) is 24.3 Å². The molecule has 2 N–H and O–H groups in total. The quantitative estimate of drug-likeness (QED) is 0.845. The highest BCUT2D eigenvalue weighted by Crippen LogP contribution is 2.47. The van der Waals surface area contributed by atoms with E-state index in [0.29, 0.717) is 19.0 Å². The number of furan rings is 1. The molecule has 1 amide bonds. The number of alkyl carbamates (subject to hydrolysis) is 1. The first kappa shape index (κ1) is 16.9. The molecule has 3 atom stereocenters. The summed E-state index contributed by atoms with van der Waals surface area (Å²) in [6.45, 7) is 11.1. The van der Waals surface area contributed by atoms with Crippen molar-refractivity contribution in [1.82, 2.24) is 10.6 Å². The van der Waals surface area contributed by atoms with Crippen molar-refractivity contribution in [3.05, 3.63) is 23.7 Å². The van der Waals surface area contributed by atoms with Gasteiger partial charge in [0.1, 0.15) is 17.1 Å². The van der Waals surface area contributed by atoms with Gasteiger partial charge in [0.2, 0.25) is 0 Å². The Morgan fingerprint density at radius 2 is 2.14 bits per heavy atom. The monoisotopic (exact) mass is 308 g/mol. The second-order valence-electron chi connectivity index (χ2n) is 7.30. The van der Waals surface area contributed by atoms with Crippen molar-refractivity contribution in [3.8, 4) is 0 Å². The van der Waals surface area contributed by atoms with E-state index in [2.05, 4.69) is 23.6 Å². The number of ether oxygens (including phenoxy) is 1. The molecule has 0 radical (unpaired) electrons. The van der Waals surface area contributed by atoms with Crippen LogP contribution in [-0.2, 0) is 11.3 Å².